The van der Waals surface area contributed by atoms with E-state index in [-0.39, 0.29) is 12.3 Å². The largest absolute Gasteiger partial charge is 0.467 e. The maximum Gasteiger partial charge on any atom is 0.217 e. The van der Waals surface area contributed by atoms with Crippen LogP contribution in [0.5, 0.6) is 0 Å². The van der Waals surface area contributed by atoms with E-state index in [1.54, 1.807) is 10.8 Å². The van der Waals surface area contributed by atoms with E-state index in [1.807, 2.05) is 12.1 Å². The molecule has 0 aliphatic rings. The average Bonchev–Trinajstić information content (AvgIpc) is 2.89. The molecular formula is C10H12N4O2S. The summed E-state index contributed by atoms with van der Waals surface area (Å²) in [7, 11) is 0. The van der Waals surface area contributed by atoms with E-state index in [2.05, 4.69) is 10.2 Å². The first-order valence-corrected chi connectivity index (χ1v) is 5.52. The summed E-state index contributed by atoms with van der Waals surface area (Å²) >= 11 is 5.11. The molecule has 2 aromatic rings. The Hall–Kier alpha value is -1.89. The van der Waals surface area contributed by atoms with E-state index < -0.39 is 0 Å². The van der Waals surface area contributed by atoms with Crippen LogP contribution in [0.1, 0.15) is 18.0 Å². The summed E-state index contributed by atoms with van der Waals surface area (Å²) in [5.74, 6) is 1.12. The Morgan fingerprint density at radius 2 is 2.47 bits per heavy atom. The number of hydrogen-bond acceptors (Lipinski definition) is 4. The Morgan fingerprint density at radius 3 is 3.12 bits per heavy atom. The number of nitrogens with one attached hydrogen (secondary N) is 1. The normalized spacial score (nSPS) is 10.6. The predicted octanol–water partition coefficient (Wildman–Crippen LogP) is 1.000. The third kappa shape index (κ3) is 2.82. The Labute approximate surface area is 102 Å². The van der Waals surface area contributed by atoms with Crippen LogP contribution in [0.4, 0.5) is 0 Å². The van der Waals surface area contributed by atoms with Gasteiger partial charge in [-0.15, -0.1) is 0 Å². The molecule has 0 saturated heterocycles. The summed E-state index contributed by atoms with van der Waals surface area (Å²) in [6, 6.07) is 3.66. The molecule has 0 aliphatic heterocycles. The van der Waals surface area contributed by atoms with Gasteiger partial charge in [-0.05, 0) is 24.4 Å². The molecule has 2 rings (SSSR count). The van der Waals surface area contributed by atoms with E-state index in [4.69, 9.17) is 22.4 Å². The molecule has 0 radical (unpaired) electrons. The molecule has 2 aromatic heterocycles. The van der Waals surface area contributed by atoms with Crippen molar-refractivity contribution in [1.29, 1.82) is 0 Å². The Balaban J connectivity index is 2.17. The minimum atomic E-state index is -0.358. The quantitative estimate of drug-likeness (QED) is 0.777. The summed E-state index contributed by atoms with van der Waals surface area (Å²) in [5.41, 5.74) is 5.10. The van der Waals surface area contributed by atoms with E-state index in [0.29, 0.717) is 23.6 Å². The van der Waals surface area contributed by atoms with E-state index in [1.165, 1.54) is 0 Å². The number of nitrogens with two attached hydrogens (primary N) is 1. The summed E-state index contributed by atoms with van der Waals surface area (Å²) in [5, 5.41) is 6.76. The highest BCUT2D eigenvalue weighted by molar-refractivity contribution is 7.71. The van der Waals surface area contributed by atoms with Crippen molar-refractivity contribution in [3.63, 3.8) is 0 Å². The first kappa shape index (κ1) is 11.6. The van der Waals surface area contributed by atoms with Gasteiger partial charge in [0.2, 0.25) is 5.91 Å². The summed E-state index contributed by atoms with van der Waals surface area (Å²) < 4.78 is 7.53. The summed E-state index contributed by atoms with van der Waals surface area (Å²) in [6.45, 7) is 0.496. The van der Waals surface area contributed by atoms with Gasteiger partial charge in [0.15, 0.2) is 4.77 Å². The molecule has 90 valence electrons. The van der Waals surface area contributed by atoms with Crippen LogP contribution in [0.2, 0.25) is 0 Å². The SMILES string of the molecule is NC(=O)CCc1n[nH]c(=S)n1Cc1ccco1. The molecule has 0 atom stereocenters. The third-order valence-electron chi connectivity index (χ3n) is 2.33. The van der Waals surface area contributed by atoms with Crippen LogP contribution in [-0.2, 0) is 17.8 Å². The summed E-state index contributed by atoms with van der Waals surface area (Å²) in [4.78, 5) is 10.7. The standard InChI is InChI=1S/C10H12N4O2S/c11-8(15)3-4-9-12-13-10(17)14(9)6-7-2-1-5-16-7/h1-2,5H,3-4,6H2,(H2,11,15)(H,13,17). The topological polar surface area (TPSA) is 89.8 Å². The van der Waals surface area contributed by atoms with Gasteiger partial charge in [-0.1, -0.05) is 0 Å². The highest BCUT2D eigenvalue weighted by atomic mass is 32.1. The lowest BCUT2D eigenvalue weighted by Crippen LogP contribution is -2.13. The highest BCUT2D eigenvalue weighted by Gasteiger charge is 2.09. The van der Waals surface area contributed by atoms with Crippen molar-refractivity contribution in [3.8, 4) is 0 Å². The van der Waals surface area contributed by atoms with Gasteiger partial charge in [0.1, 0.15) is 11.6 Å². The number of aryl methyl sites for hydroxylation is 1. The fourth-order valence-electron chi connectivity index (χ4n) is 1.50. The second kappa shape index (κ2) is 4.96. The molecule has 1 amide bonds. The van der Waals surface area contributed by atoms with Gasteiger partial charge in [0, 0.05) is 12.8 Å². The molecule has 0 aromatic carbocycles. The van der Waals surface area contributed by atoms with Gasteiger partial charge in [0.25, 0.3) is 0 Å². The van der Waals surface area contributed by atoms with Crippen LogP contribution in [0.25, 0.3) is 0 Å². The maximum absolute atomic E-state index is 10.7. The molecule has 0 saturated carbocycles. The lowest BCUT2D eigenvalue weighted by Gasteiger charge is -2.03. The van der Waals surface area contributed by atoms with Crippen LogP contribution < -0.4 is 5.73 Å². The smallest absolute Gasteiger partial charge is 0.217 e. The molecule has 0 fully saturated rings. The minimum Gasteiger partial charge on any atom is -0.467 e. The van der Waals surface area contributed by atoms with Crippen LogP contribution in [0.3, 0.4) is 0 Å². The number of hydrogen-bond donors (Lipinski definition) is 2. The van der Waals surface area contributed by atoms with Crippen molar-refractivity contribution in [1.82, 2.24) is 14.8 Å². The van der Waals surface area contributed by atoms with Crippen LogP contribution in [0, 0.1) is 4.77 Å². The van der Waals surface area contributed by atoms with Gasteiger partial charge in [-0.3, -0.25) is 14.5 Å². The molecule has 0 aliphatic carbocycles. The first-order chi connectivity index (χ1) is 8.16. The van der Waals surface area contributed by atoms with Crippen molar-refractivity contribution in [2.75, 3.05) is 0 Å². The second-order valence-electron chi connectivity index (χ2n) is 3.58. The lowest BCUT2D eigenvalue weighted by molar-refractivity contribution is -0.118. The Bertz CT molecular complexity index is 555. The molecular weight excluding hydrogens is 240 g/mol. The molecule has 0 unspecified atom stereocenters. The molecule has 2 heterocycles. The fourth-order valence-corrected chi connectivity index (χ4v) is 1.71. The van der Waals surface area contributed by atoms with E-state index in [9.17, 15) is 4.79 Å². The number of aromatic amines is 1. The highest BCUT2D eigenvalue weighted by Crippen LogP contribution is 2.08. The number of nitrogens with zero attached hydrogens (tertiary/aromatic N) is 2. The molecule has 17 heavy (non-hydrogen) atoms. The van der Waals surface area contributed by atoms with Crippen molar-refractivity contribution >= 4 is 18.1 Å². The van der Waals surface area contributed by atoms with Gasteiger partial charge in [-0.25, -0.2) is 0 Å². The Morgan fingerprint density at radius 1 is 1.65 bits per heavy atom. The molecule has 6 nitrogen and oxygen atoms in total. The van der Waals surface area contributed by atoms with Crippen LogP contribution in [0.15, 0.2) is 22.8 Å². The van der Waals surface area contributed by atoms with Crippen LogP contribution >= 0.6 is 12.2 Å². The summed E-state index contributed by atoms with van der Waals surface area (Å²) in [6.07, 6.45) is 2.31. The van der Waals surface area contributed by atoms with Crippen molar-refractivity contribution < 1.29 is 9.21 Å². The minimum absolute atomic E-state index is 0.248. The number of carbonyl (C=O) groups excluding carboxylic acids is 1. The third-order valence-corrected chi connectivity index (χ3v) is 2.64. The zero-order valence-electron chi connectivity index (χ0n) is 9.05. The van der Waals surface area contributed by atoms with Gasteiger partial charge < -0.3 is 10.2 Å². The number of amides is 1. The van der Waals surface area contributed by atoms with Crippen molar-refractivity contribution in [2.45, 2.75) is 19.4 Å². The molecule has 3 N–H and O–H groups in total. The number of H-pyrrole nitrogens is 1. The van der Waals surface area contributed by atoms with Crippen molar-refractivity contribution in [2.24, 2.45) is 5.73 Å². The Kier molecular flexibility index (Phi) is 3.38. The van der Waals surface area contributed by atoms with Gasteiger partial charge in [-0.2, -0.15) is 5.10 Å². The molecule has 0 bridgehead atoms. The number of carbonyl (C=O) groups is 1. The molecule has 7 heteroatoms. The monoisotopic (exact) mass is 252 g/mol. The fraction of sp³-hybridized carbons (Fsp3) is 0.300. The first-order valence-electron chi connectivity index (χ1n) is 5.11. The molecule has 0 spiro atoms. The van der Waals surface area contributed by atoms with E-state index in [0.717, 1.165) is 5.76 Å². The zero-order chi connectivity index (χ0) is 12.3. The maximum atomic E-state index is 10.7. The van der Waals surface area contributed by atoms with Crippen LogP contribution in [-0.4, -0.2) is 20.7 Å². The van der Waals surface area contributed by atoms with Gasteiger partial charge in [0.05, 0.1) is 12.8 Å². The second-order valence-corrected chi connectivity index (χ2v) is 3.96. The van der Waals surface area contributed by atoms with E-state index >= 15 is 0 Å². The number of furan rings is 1. The number of rotatable bonds is 5. The predicted molar refractivity (Wildman–Crippen MR) is 62.7 cm³/mol. The number of primary amides is 1. The lowest BCUT2D eigenvalue weighted by atomic mass is 10.3. The zero-order valence-corrected chi connectivity index (χ0v) is 9.87. The average molecular weight is 252 g/mol. The van der Waals surface area contributed by atoms with Crippen molar-refractivity contribution in [3.05, 3.63) is 34.8 Å². The number of aromatic nitrogens is 3. The van der Waals surface area contributed by atoms with Gasteiger partial charge >= 0.3 is 0 Å².